The Kier molecular flexibility index (Phi) is 6.02. The predicted molar refractivity (Wildman–Crippen MR) is 83.8 cm³/mol. The molecule has 0 saturated carbocycles. The van der Waals surface area contributed by atoms with E-state index in [2.05, 4.69) is 0 Å². The molecule has 112 valence electrons. The van der Waals surface area contributed by atoms with Crippen molar-refractivity contribution in [1.82, 2.24) is 4.90 Å². The Morgan fingerprint density at radius 3 is 2.45 bits per heavy atom. The number of carbonyl (C=O) groups excluding carboxylic acids is 1. The first-order valence-corrected chi connectivity index (χ1v) is 7.37. The third-order valence-electron chi connectivity index (χ3n) is 3.12. The number of Topliss-reactive ketones (excluding diaryl/α,β-unsaturated/α-hetero) is 1. The van der Waals surface area contributed by atoms with Gasteiger partial charge in [-0.1, -0.05) is 30.1 Å². The smallest absolute Gasteiger partial charge is 0.181 e. The third-order valence-corrected chi connectivity index (χ3v) is 3.67. The number of hydrogen-bond donors (Lipinski definition) is 1. The molecule has 0 saturated heterocycles. The van der Waals surface area contributed by atoms with Gasteiger partial charge in [0.05, 0.1) is 16.7 Å². The monoisotopic (exact) mass is 317 g/mol. The van der Waals surface area contributed by atoms with Crippen LogP contribution in [0.25, 0.3) is 0 Å². The lowest BCUT2D eigenvalue weighted by atomic mass is 10.0. The van der Waals surface area contributed by atoms with Crippen molar-refractivity contribution < 1.29 is 9.90 Å². The van der Waals surface area contributed by atoms with Crippen LogP contribution in [0.5, 0.6) is 0 Å². The van der Waals surface area contributed by atoms with E-state index in [9.17, 15) is 9.90 Å². The van der Waals surface area contributed by atoms with E-state index in [1.165, 1.54) is 0 Å². The summed E-state index contributed by atoms with van der Waals surface area (Å²) < 4.78 is 0. The Hall–Kier alpha value is -0.610. The third kappa shape index (κ3) is 4.74. The average Bonchev–Trinajstić information content (AvgIpc) is 2.33. The molecule has 1 rings (SSSR count). The molecule has 1 aromatic rings. The number of ketones is 1. The SMILES string of the molecule is CCN(CC(C)(C)O)C(C)C(=O)c1ccc(Cl)cc1Cl. The minimum Gasteiger partial charge on any atom is -0.389 e. The van der Waals surface area contributed by atoms with Gasteiger partial charge in [0.2, 0.25) is 0 Å². The first-order chi connectivity index (χ1) is 9.15. The maximum atomic E-state index is 12.5. The van der Waals surface area contributed by atoms with Crippen LogP contribution < -0.4 is 0 Å². The molecule has 0 radical (unpaired) electrons. The molecule has 20 heavy (non-hydrogen) atoms. The molecule has 0 aromatic heterocycles. The maximum Gasteiger partial charge on any atom is 0.181 e. The number of benzene rings is 1. The highest BCUT2D eigenvalue weighted by atomic mass is 35.5. The molecule has 0 heterocycles. The van der Waals surface area contributed by atoms with Crippen LogP contribution in [0.3, 0.4) is 0 Å². The molecule has 0 aliphatic carbocycles. The minimum absolute atomic E-state index is 0.0715. The van der Waals surface area contributed by atoms with Crippen LogP contribution in [0.15, 0.2) is 18.2 Å². The molecule has 0 bridgehead atoms. The molecule has 1 unspecified atom stereocenters. The first-order valence-electron chi connectivity index (χ1n) is 6.61. The van der Waals surface area contributed by atoms with E-state index in [0.29, 0.717) is 28.7 Å². The lowest BCUT2D eigenvalue weighted by molar-refractivity contribution is 0.0254. The summed E-state index contributed by atoms with van der Waals surface area (Å²) in [5, 5.41) is 10.8. The van der Waals surface area contributed by atoms with Crippen molar-refractivity contribution in [2.75, 3.05) is 13.1 Å². The van der Waals surface area contributed by atoms with Crippen LogP contribution in [0, 0.1) is 0 Å². The molecule has 0 aliphatic rings. The summed E-state index contributed by atoms with van der Waals surface area (Å²) in [7, 11) is 0. The Bertz CT molecular complexity index is 483. The molecule has 0 fully saturated rings. The van der Waals surface area contributed by atoms with Gasteiger partial charge in [-0.3, -0.25) is 9.69 Å². The Morgan fingerprint density at radius 1 is 1.40 bits per heavy atom. The van der Waals surface area contributed by atoms with Gasteiger partial charge in [-0.25, -0.2) is 0 Å². The van der Waals surface area contributed by atoms with Crippen molar-refractivity contribution in [2.45, 2.75) is 39.3 Å². The van der Waals surface area contributed by atoms with E-state index in [4.69, 9.17) is 23.2 Å². The lowest BCUT2D eigenvalue weighted by Crippen LogP contribution is -2.46. The summed E-state index contributed by atoms with van der Waals surface area (Å²) in [5.41, 5.74) is -0.397. The van der Waals surface area contributed by atoms with Crippen molar-refractivity contribution in [3.63, 3.8) is 0 Å². The largest absolute Gasteiger partial charge is 0.389 e. The topological polar surface area (TPSA) is 40.5 Å². The van der Waals surface area contributed by atoms with Gasteiger partial charge in [0, 0.05) is 17.1 Å². The molecule has 1 N–H and O–H groups in total. The van der Waals surface area contributed by atoms with Crippen molar-refractivity contribution in [1.29, 1.82) is 0 Å². The summed E-state index contributed by atoms with van der Waals surface area (Å²) in [6, 6.07) is 4.50. The second-order valence-electron chi connectivity index (χ2n) is 5.54. The second-order valence-corrected chi connectivity index (χ2v) is 6.38. The zero-order valence-corrected chi connectivity index (χ0v) is 13.8. The molecule has 5 heteroatoms. The number of carbonyl (C=O) groups is 1. The van der Waals surface area contributed by atoms with Gasteiger partial charge in [-0.05, 0) is 45.5 Å². The normalized spacial score (nSPS) is 13.6. The molecule has 0 spiro atoms. The van der Waals surface area contributed by atoms with Gasteiger partial charge >= 0.3 is 0 Å². The zero-order valence-electron chi connectivity index (χ0n) is 12.3. The van der Waals surface area contributed by atoms with E-state index in [0.717, 1.165) is 0 Å². The molecular formula is C15H21Cl2NO2. The summed E-state index contributed by atoms with van der Waals surface area (Å²) >= 11 is 11.9. The fourth-order valence-corrected chi connectivity index (χ4v) is 2.60. The highest BCUT2D eigenvalue weighted by Crippen LogP contribution is 2.23. The number of nitrogens with zero attached hydrogens (tertiary/aromatic N) is 1. The van der Waals surface area contributed by atoms with E-state index in [-0.39, 0.29) is 11.8 Å². The molecule has 0 aliphatic heterocycles. The fraction of sp³-hybridized carbons (Fsp3) is 0.533. The van der Waals surface area contributed by atoms with Gasteiger partial charge in [0.25, 0.3) is 0 Å². The molecular weight excluding hydrogens is 297 g/mol. The van der Waals surface area contributed by atoms with Crippen LogP contribution in [0.4, 0.5) is 0 Å². The minimum atomic E-state index is -0.853. The van der Waals surface area contributed by atoms with Crippen molar-refractivity contribution in [3.8, 4) is 0 Å². The van der Waals surface area contributed by atoms with Crippen LogP contribution in [-0.4, -0.2) is 40.5 Å². The van der Waals surface area contributed by atoms with E-state index >= 15 is 0 Å². The quantitative estimate of drug-likeness (QED) is 0.814. The van der Waals surface area contributed by atoms with Crippen molar-refractivity contribution >= 4 is 29.0 Å². The fourth-order valence-electron chi connectivity index (χ4n) is 2.10. The molecule has 3 nitrogen and oxygen atoms in total. The first kappa shape index (κ1) is 17.4. The van der Waals surface area contributed by atoms with Crippen LogP contribution >= 0.6 is 23.2 Å². The average molecular weight is 318 g/mol. The van der Waals surface area contributed by atoms with Crippen LogP contribution in [-0.2, 0) is 0 Å². The summed E-state index contributed by atoms with van der Waals surface area (Å²) in [4.78, 5) is 14.4. The van der Waals surface area contributed by atoms with E-state index in [1.54, 1.807) is 32.0 Å². The predicted octanol–water partition coefficient (Wildman–Crippen LogP) is 3.66. The zero-order chi connectivity index (χ0) is 15.5. The Labute approximate surface area is 130 Å². The van der Waals surface area contributed by atoms with E-state index in [1.807, 2.05) is 18.7 Å². The number of rotatable bonds is 6. The standard InChI is InChI=1S/C15H21Cl2NO2/c1-5-18(9-15(3,4)20)10(2)14(19)12-7-6-11(16)8-13(12)17/h6-8,10,20H,5,9H2,1-4H3. The van der Waals surface area contributed by atoms with Crippen LogP contribution in [0.1, 0.15) is 38.1 Å². The molecule has 1 atom stereocenters. The lowest BCUT2D eigenvalue weighted by Gasteiger charge is -2.32. The van der Waals surface area contributed by atoms with Gasteiger partial charge in [0.15, 0.2) is 5.78 Å². The molecule has 0 amide bonds. The van der Waals surface area contributed by atoms with Crippen molar-refractivity contribution in [3.05, 3.63) is 33.8 Å². The summed E-state index contributed by atoms with van der Waals surface area (Å²) in [6.07, 6.45) is 0. The van der Waals surface area contributed by atoms with E-state index < -0.39 is 5.60 Å². The summed E-state index contributed by atoms with van der Waals surface area (Å²) in [5.74, 6) is -0.0715. The van der Waals surface area contributed by atoms with Crippen LogP contribution in [0.2, 0.25) is 10.0 Å². The number of likely N-dealkylation sites (N-methyl/N-ethyl adjacent to an activating group) is 1. The number of halogens is 2. The highest BCUT2D eigenvalue weighted by molar-refractivity contribution is 6.37. The Balaban J connectivity index is 2.94. The highest BCUT2D eigenvalue weighted by Gasteiger charge is 2.27. The molecule has 1 aromatic carbocycles. The second kappa shape index (κ2) is 6.90. The van der Waals surface area contributed by atoms with Gasteiger partial charge in [0.1, 0.15) is 0 Å². The van der Waals surface area contributed by atoms with Gasteiger partial charge in [-0.15, -0.1) is 0 Å². The van der Waals surface area contributed by atoms with Crippen molar-refractivity contribution in [2.24, 2.45) is 0 Å². The Morgan fingerprint density at radius 2 is 2.00 bits per heavy atom. The van der Waals surface area contributed by atoms with Gasteiger partial charge < -0.3 is 5.11 Å². The number of hydrogen-bond acceptors (Lipinski definition) is 3. The maximum absolute atomic E-state index is 12.5. The number of aliphatic hydroxyl groups is 1. The van der Waals surface area contributed by atoms with Gasteiger partial charge in [-0.2, -0.15) is 0 Å². The summed E-state index contributed by atoms with van der Waals surface area (Å²) in [6.45, 7) is 8.31.